The predicted molar refractivity (Wildman–Crippen MR) is 80.3 cm³/mol. The zero-order valence-corrected chi connectivity index (χ0v) is 12.5. The molecule has 0 bridgehead atoms. The van der Waals surface area contributed by atoms with E-state index in [9.17, 15) is 0 Å². The highest BCUT2D eigenvalue weighted by atomic mass is 32.1. The van der Waals surface area contributed by atoms with Crippen LogP contribution < -0.4 is 4.74 Å². The Hall–Kier alpha value is -1.29. The molecule has 1 aliphatic rings. The molecule has 0 radical (unpaired) electrons. The zero-order chi connectivity index (χ0) is 13.6. The van der Waals surface area contributed by atoms with Gasteiger partial charge in [0, 0.05) is 6.04 Å². The van der Waals surface area contributed by atoms with Crippen LogP contribution in [0.25, 0.3) is 11.0 Å². The van der Waals surface area contributed by atoms with Crippen molar-refractivity contribution in [2.24, 2.45) is 5.41 Å². The summed E-state index contributed by atoms with van der Waals surface area (Å²) < 4.78 is 8.50. The van der Waals surface area contributed by atoms with Gasteiger partial charge in [0.25, 0.3) is 0 Å². The first kappa shape index (κ1) is 12.7. The van der Waals surface area contributed by atoms with E-state index >= 15 is 0 Å². The third-order valence-electron chi connectivity index (χ3n) is 4.24. The van der Waals surface area contributed by atoms with E-state index in [0.717, 1.165) is 21.6 Å². The molecule has 4 heteroatoms. The van der Waals surface area contributed by atoms with Gasteiger partial charge in [-0.3, -0.25) is 0 Å². The predicted octanol–water partition coefficient (Wildman–Crippen LogP) is 4.46. The smallest absolute Gasteiger partial charge is 0.178 e. The highest BCUT2D eigenvalue weighted by molar-refractivity contribution is 7.71. The Morgan fingerprint density at radius 2 is 2.21 bits per heavy atom. The SMILES string of the molecule is COc1cccc2c1[nH]c(=S)n2C1CCC(C)(C)C1. The van der Waals surface area contributed by atoms with Crippen molar-refractivity contribution in [2.75, 3.05) is 7.11 Å². The van der Waals surface area contributed by atoms with Gasteiger partial charge in [-0.25, -0.2) is 0 Å². The van der Waals surface area contributed by atoms with Crippen molar-refractivity contribution in [3.05, 3.63) is 23.0 Å². The Morgan fingerprint density at radius 3 is 2.84 bits per heavy atom. The van der Waals surface area contributed by atoms with E-state index in [1.807, 2.05) is 12.1 Å². The molecule has 0 saturated heterocycles. The maximum atomic E-state index is 5.52. The van der Waals surface area contributed by atoms with Gasteiger partial charge >= 0.3 is 0 Å². The number of rotatable bonds is 2. The molecule has 3 rings (SSSR count). The van der Waals surface area contributed by atoms with Crippen LogP contribution in [-0.2, 0) is 0 Å². The third-order valence-corrected chi connectivity index (χ3v) is 4.54. The molecule has 3 nitrogen and oxygen atoms in total. The van der Waals surface area contributed by atoms with Crippen molar-refractivity contribution >= 4 is 23.3 Å². The summed E-state index contributed by atoms with van der Waals surface area (Å²) in [7, 11) is 1.70. The van der Waals surface area contributed by atoms with Crippen molar-refractivity contribution in [3.8, 4) is 5.75 Å². The highest BCUT2D eigenvalue weighted by Crippen LogP contribution is 2.44. The summed E-state index contributed by atoms with van der Waals surface area (Å²) in [6.45, 7) is 4.68. The van der Waals surface area contributed by atoms with Crippen LogP contribution in [0.2, 0.25) is 0 Å². The van der Waals surface area contributed by atoms with Crippen LogP contribution in [0.4, 0.5) is 0 Å². The van der Waals surface area contributed by atoms with Crippen LogP contribution >= 0.6 is 12.2 Å². The Bertz CT molecular complexity index is 668. The third kappa shape index (κ3) is 2.08. The summed E-state index contributed by atoms with van der Waals surface area (Å²) in [5.41, 5.74) is 2.59. The van der Waals surface area contributed by atoms with Gasteiger partial charge in [0.05, 0.1) is 12.6 Å². The molecule has 1 N–H and O–H groups in total. The van der Waals surface area contributed by atoms with Crippen LogP contribution in [0.1, 0.15) is 39.2 Å². The molecular weight excluding hydrogens is 256 g/mol. The number of para-hydroxylation sites is 1. The Labute approximate surface area is 118 Å². The van der Waals surface area contributed by atoms with Gasteiger partial charge in [-0.15, -0.1) is 0 Å². The number of methoxy groups -OCH3 is 1. The van der Waals surface area contributed by atoms with Gasteiger partial charge in [0.2, 0.25) is 0 Å². The fourth-order valence-corrected chi connectivity index (χ4v) is 3.62. The first-order chi connectivity index (χ1) is 9.02. The molecule has 1 heterocycles. The summed E-state index contributed by atoms with van der Waals surface area (Å²) in [5, 5.41) is 0. The summed E-state index contributed by atoms with van der Waals surface area (Å²) in [6.07, 6.45) is 3.65. The first-order valence-electron chi connectivity index (χ1n) is 6.79. The topological polar surface area (TPSA) is 29.9 Å². The minimum absolute atomic E-state index is 0.419. The molecule has 19 heavy (non-hydrogen) atoms. The number of nitrogens with zero attached hydrogens (tertiary/aromatic N) is 1. The monoisotopic (exact) mass is 276 g/mol. The molecular formula is C15H20N2OS. The second-order valence-corrected chi connectivity index (χ2v) is 6.60. The minimum Gasteiger partial charge on any atom is -0.494 e. The number of H-pyrrole nitrogens is 1. The van der Waals surface area contributed by atoms with Crippen molar-refractivity contribution in [3.63, 3.8) is 0 Å². The highest BCUT2D eigenvalue weighted by Gasteiger charge is 2.33. The van der Waals surface area contributed by atoms with Gasteiger partial charge in [-0.05, 0) is 49.0 Å². The number of imidazole rings is 1. The maximum Gasteiger partial charge on any atom is 0.178 e. The minimum atomic E-state index is 0.419. The van der Waals surface area contributed by atoms with Crippen LogP contribution in [-0.4, -0.2) is 16.7 Å². The molecule has 1 saturated carbocycles. The van der Waals surface area contributed by atoms with Crippen LogP contribution in [0.3, 0.4) is 0 Å². The summed E-state index contributed by atoms with van der Waals surface area (Å²) >= 11 is 5.52. The average molecular weight is 276 g/mol. The van der Waals surface area contributed by atoms with E-state index in [0.29, 0.717) is 11.5 Å². The van der Waals surface area contributed by atoms with E-state index in [-0.39, 0.29) is 0 Å². The average Bonchev–Trinajstić information content (AvgIpc) is 2.87. The Balaban J connectivity index is 2.15. The number of aromatic amines is 1. The van der Waals surface area contributed by atoms with Crippen LogP contribution in [0.5, 0.6) is 5.75 Å². The van der Waals surface area contributed by atoms with Crippen molar-refractivity contribution < 1.29 is 4.74 Å². The number of nitrogens with one attached hydrogen (secondary N) is 1. The molecule has 102 valence electrons. The van der Waals surface area contributed by atoms with Crippen molar-refractivity contribution in [1.82, 2.24) is 9.55 Å². The van der Waals surface area contributed by atoms with Crippen LogP contribution in [0.15, 0.2) is 18.2 Å². The fraction of sp³-hybridized carbons (Fsp3) is 0.533. The lowest BCUT2D eigenvalue weighted by molar-refractivity contribution is 0.360. The van der Waals surface area contributed by atoms with E-state index < -0.39 is 0 Å². The molecule has 1 fully saturated rings. The van der Waals surface area contributed by atoms with Crippen molar-refractivity contribution in [1.29, 1.82) is 0 Å². The van der Waals surface area contributed by atoms with E-state index in [4.69, 9.17) is 17.0 Å². The molecule has 0 aliphatic heterocycles. The lowest BCUT2D eigenvalue weighted by Gasteiger charge is -2.18. The number of ether oxygens (including phenoxy) is 1. The molecule has 1 aromatic carbocycles. The first-order valence-corrected chi connectivity index (χ1v) is 7.20. The lowest BCUT2D eigenvalue weighted by atomic mass is 9.92. The molecule has 0 amide bonds. The number of aromatic nitrogens is 2. The standard InChI is InChI=1S/C15H20N2OS/c1-15(2)8-7-10(9-15)17-11-5-4-6-12(18-3)13(11)16-14(17)19/h4-6,10H,7-9H2,1-3H3,(H,16,19). The lowest BCUT2D eigenvalue weighted by Crippen LogP contribution is -2.09. The number of hydrogen-bond donors (Lipinski definition) is 1. The number of fused-ring (bicyclic) bond motifs is 1. The number of hydrogen-bond acceptors (Lipinski definition) is 2. The van der Waals surface area contributed by atoms with Gasteiger partial charge < -0.3 is 14.3 Å². The summed E-state index contributed by atoms with van der Waals surface area (Å²) in [6, 6.07) is 6.62. The van der Waals surface area contributed by atoms with E-state index in [2.05, 4.69) is 29.5 Å². The quantitative estimate of drug-likeness (QED) is 0.821. The molecule has 2 aromatic rings. The summed E-state index contributed by atoms with van der Waals surface area (Å²) in [5.74, 6) is 0.861. The van der Waals surface area contributed by atoms with Gasteiger partial charge in [-0.1, -0.05) is 19.9 Å². The van der Waals surface area contributed by atoms with Gasteiger partial charge in [-0.2, -0.15) is 0 Å². The fourth-order valence-electron chi connectivity index (χ4n) is 3.27. The Morgan fingerprint density at radius 1 is 1.42 bits per heavy atom. The van der Waals surface area contributed by atoms with Gasteiger partial charge in [0.15, 0.2) is 4.77 Å². The zero-order valence-electron chi connectivity index (χ0n) is 11.7. The molecule has 1 aromatic heterocycles. The molecule has 0 spiro atoms. The van der Waals surface area contributed by atoms with E-state index in [1.165, 1.54) is 19.3 Å². The number of benzene rings is 1. The van der Waals surface area contributed by atoms with E-state index in [1.54, 1.807) is 7.11 Å². The second-order valence-electron chi connectivity index (χ2n) is 6.22. The Kier molecular flexibility index (Phi) is 2.93. The van der Waals surface area contributed by atoms with Crippen LogP contribution in [0, 0.1) is 10.2 Å². The normalized spacial score (nSPS) is 21.9. The maximum absolute atomic E-state index is 5.52. The summed E-state index contributed by atoms with van der Waals surface area (Å²) in [4.78, 5) is 3.30. The van der Waals surface area contributed by atoms with Crippen molar-refractivity contribution in [2.45, 2.75) is 39.2 Å². The molecule has 1 aliphatic carbocycles. The van der Waals surface area contributed by atoms with Gasteiger partial charge in [0.1, 0.15) is 11.3 Å². The largest absolute Gasteiger partial charge is 0.494 e. The molecule has 1 unspecified atom stereocenters. The molecule has 1 atom stereocenters. The second kappa shape index (κ2) is 4.37.